The van der Waals surface area contributed by atoms with E-state index in [4.69, 9.17) is 16.3 Å². The number of thioether (sulfide) groups is 1. The highest BCUT2D eigenvalue weighted by Gasteiger charge is 2.74. The van der Waals surface area contributed by atoms with E-state index in [0.717, 1.165) is 25.7 Å². The van der Waals surface area contributed by atoms with E-state index in [1.807, 2.05) is 19.9 Å². The number of rotatable bonds is 14. The van der Waals surface area contributed by atoms with Gasteiger partial charge in [-0.2, -0.15) is 0 Å². The van der Waals surface area contributed by atoms with Crippen molar-refractivity contribution in [3.05, 3.63) is 54.6 Å². The molecule has 3 fully saturated rings. The molecule has 3 heterocycles. The number of likely N-dealkylation sites (tertiary alicyclic amines) is 1. The van der Waals surface area contributed by atoms with Crippen molar-refractivity contribution in [1.82, 2.24) is 4.90 Å². The number of benzene rings is 1. The molecule has 1 aromatic carbocycles. The summed E-state index contributed by atoms with van der Waals surface area (Å²) in [6, 6.07) is 5.66. The summed E-state index contributed by atoms with van der Waals surface area (Å²) in [4.78, 5) is 45.6. The lowest BCUT2D eigenvalue weighted by Gasteiger charge is -2.40. The van der Waals surface area contributed by atoms with Gasteiger partial charge in [0.2, 0.25) is 5.91 Å². The van der Waals surface area contributed by atoms with Crippen molar-refractivity contribution in [1.29, 1.82) is 0 Å². The van der Waals surface area contributed by atoms with Crippen molar-refractivity contribution in [2.75, 3.05) is 24.7 Å². The van der Waals surface area contributed by atoms with Crippen LogP contribution in [-0.2, 0) is 19.1 Å². The topological polar surface area (TPSA) is 87.1 Å². The standard InChI is InChI=1S/C31H41ClN2O5S/c1-5-7-8-9-17-39-30(38)25-24-14-15-31(40-24)26(25)28(36)34(23(19-35)18-20(3)4)27(31)29(37)33(16-6-2)22-12-10-21(32)11-13-22/h5-6,10-13,20,23-27,35H,1-2,7-9,14-19H2,3-4H3/t23-,24-,25+,26+,27?,31?/m1/s1. The van der Waals surface area contributed by atoms with E-state index in [1.165, 1.54) is 0 Å². The molecular weight excluding hydrogens is 548 g/mol. The summed E-state index contributed by atoms with van der Waals surface area (Å²) in [5.74, 6) is -1.88. The van der Waals surface area contributed by atoms with E-state index in [1.54, 1.807) is 51.9 Å². The first-order valence-electron chi connectivity index (χ1n) is 14.3. The lowest BCUT2D eigenvalue weighted by Crippen LogP contribution is -2.57. The average Bonchev–Trinajstić information content (AvgIpc) is 3.57. The van der Waals surface area contributed by atoms with Crippen molar-refractivity contribution >= 4 is 46.8 Å². The molecule has 0 aromatic heterocycles. The zero-order chi connectivity index (χ0) is 29.0. The van der Waals surface area contributed by atoms with Gasteiger partial charge in [-0.05, 0) is 68.7 Å². The summed E-state index contributed by atoms with van der Waals surface area (Å²) in [6.07, 6.45) is 7.91. The molecule has 0 saturated carbocycles. The molecule has 218 valence electrons. The van der Waals surface area contributed by atoms with E-state index >= 15 is 0 Å². The second kappa shape index (κ2) is 13.1. The normalized spacial score (nSPS) is 27.5. The fourth-order valence-corrected chi connectivity index (χ4v) is 9.05. The van der Waals surface area contributed by atoms with E-state index < -0.39 is 28.7 Å². The number of aliphatic hydroxyl groups excluding tert-OH is 1. The summed E-state index contributed by atoms with van der Waals surface area (Å²) in [5, 5.41) is 11.0. The third kappa shape index (κ3) is 5.72. The molecule has 4 rings (SSSR count). The number of halogens is 1. The Morgan fingerprint density at radius 2 is 1.98 bits per heavy atom. The van der Waals surface area contributed by atoms with E-state index in [2.05, 4.69) is 13.2 Å². The summed E-state index contributed by atoms with van der Waals surface area (Å²) in [5.41, 5.74) is 0.652. The number of allylic oxidation sites excluding steroid dienone is 1. The lowest BCUT2D eigenvalue weighted by atomic mass is 9.71. The minimum atomic E-state index is -0.822. The highest BCUT2D eigenvalue weighted by molar-refractivity contribution is 8.02. The smallest absolute Gasteiger partial charge is 0.310 e. The molecule has 3 aliphatic rings. The average molecular weight is 589 g/mol. The second-order valence-electron chi connectivity index (χ2n) is 11.4. The number of unbranched alkanes of at least 4 members (excludes halogenated alkanes) is 2. The molecule has 9 heteroatoms. The van der Waals surface area contributed by atoms with Crippen LogP contribution in [-0.4, -0.2) is 69.6 Å². The number of ether oxygens (including phenoxy) is 1. The zero-order valence-electron chi connectivity index (χ0n) is 23.5. The number of fused-ring (bicyclic) bond motifs is 1. The zero-order valence-corrected chi connectivity index (χ0v) is 25.0. The van der Waals surface area contributed by atoms with Crippen LogP contribution in [0, 0.1) is 17.8 Å². The number of carbonyl (C=O) groups is 3. The predicted molar refractivity (Wildman–Crippen MR) is 160 cm³/mol. The summed E-state index contributed by atoms with van der Waals surface area (Å²) in [7, 11) is 0. The van der Waals surface area contributed by atoms with Crippen molar-refractivity contribution < 1.29 is 24.2 Å². The molecule has 1 spiro atoms. The highest BCUT2D eigenvalue weighted by atomic mass is 35.5. The number of anilines is 1. The molecule has 2 bridgehead atoms. The van der Waals surface area contributed by atoms with Crippen molar-refractivity contribution in [3.63, 3.8) is 0 Å². The summed E-state index contributed by atoms with van der Waals surface area (Å²) >= 11 is 7.73. The predicted octanol–water partition coefficient (Wildman–Crippen LogP) is 5.26. The van der Waals surface area contributed by atoms with Crippen LogP contribution in [0.1, 0.15) is 52.4 Å². The molecule has 2 amide bonds. The molecule has 1 N–H and O–H groups in total. The van der Waals surface area contributed by atoms with Crippen LogP contribution < -0.4 is 4.90 Å². The Labute approximate surface area is 246 Å². The molecule has 3 aliphatic heterocycles. The number of hydrogen-bond acceptors (Lipinski definition) is 6. The van der Waals surface area contributed by atoms with Gasteiger partial charge >= 0.3 is 5.97 Å². The quantitative estimate of drug-likeness (QED) is 0.181. The third-order valence-electron chi connectivity index (χ3n) is 8.35. The highest BCUT2D eigenvalue weighted by Crippen LogP contribution is 2.67. The molecule has 3 saturated heterocycles. The molecular formula is C31H41ClN2O5S. The molecule has 0 radical (unpaired) electrons. The second-order valence-corrected chi connectivity index (χ2v) is 13.5. The van der Waals surface area contributed by atoms with Gasteiger partial charge in [0, 0.05) is 22.5 Å². The molecule has 7 nitrogen and oxygen atoms in total. The Balaban J connectivity index is 1.71. The minimum absolute atomic E-state index is 0.0758. The van der Waals surface area contributed by atoms with E-state index in [-0.39, 0.29) is 42.1 Å². The van der Waals surface area contributed by atoms with Gasteiger partial charge in [0.25, 0.3) is 5.91 Å². The largest absolute Gasteiger partial charge is 0.465 e. The Bertz CT molecular complexity index is 1110. The van der Waals surface area contributed by atoms with Crippen LogP contribution in [0.15, 0.2) is 49.6 Å². The van der Waals surface area contributed by atoms with Crippen LogP contribution >= 0.6 is 23.4 Å². The number of carbonyl (C=O) groups excluding carboxylic acids is 3. The van der Waals surface area contributed by atoms with Crippen LogP contribution in [0.3, 0.4) is 0 Å². The maximum absolute atomic E-state index is 14.6. The Kier molecular flexibility index (Phi) is 10.1. The van der Waals surface area contributed by atoms with Gasteiger partial charge in [0.1, 0.15) is 6.04 Å². The summed E-state index contributed by atoms with van der Waals surface area (Å²) in [6.45, 7) is 11.9. The van der Waals surface area contributed by atoms with Crippen molar-refractivity contribution in [2.24, 2.45) is 17.8 Å². The Morgan fingerprint density at radius 3 is 2.60 bits per heavy atom. The Morgan fingerprint density at radius 1 is 1.25 bits per heavy atom. The van der Waals surface area contributed by atoms with Gasteiger partial charge in [-0.25, -0.2) is 0 Å². The number of esters is 1. The van der Waals surface area contributed by atoms with Crippen molar-refractivity contribution in [2.45, 2.75) is 74.5 Å². The first kappa shape index (κ1) is 30.7. The number of amides is 2. The maximum atomic E-state index is 14.6. The first-order chi connectivity index (χ1) is 19.2. The van der Waals surface area contributed by atoms with Gasteiger partial charge < -0.3 is 19.6 Å². The third-order valence-corrected chi connectivity index (χ3v) is 10.6. The molecule has 2 unspecified atom stereocenters. The van der Waals surface area contributed by atoms with Crippen LogP contribution in [0.5, 0.6) is 0 Å². The van der Waals surface area contributed by atoms with Crippen LogP contribution in [0.4, 0.5) is 5.69 Å². The van der Waals surface area contributed by atoms with Gasteiger partial charge in [0.15, 0.2) is 0 Å². The maximum Gasteiger partial charge on any atom is 0.310 e. The monoisotopic (exact) mass is 588 g/mol. The molecule has 0 aliphatic carbocycles. The van der Waals surface area contributed by atoms with Crippen LogP contribution in [0.25, 0.3) is 0 Å². The fraction of sp³-hybridized carbons (Fsp3) is 0.581. The molecule has 1 aromatic rings. The molecule has 40 heavy (non-hydrogen) atoms. The summed E-state index contributed by atoms with van der Waals surface area (Å²) < 4.78 is 4.94. The van der Waals surface area contributed by atoms with E-state index in [0.29, 0.717) is 30.2 Å². The first-order valence-corrected chi connectivity index (χ1v) is 15.5. The van der Waals surface area contributed by atoms with Gasteiger partial charge in [-0.3, -0.25) is 14.4 Å². The number of hydrogen-bond donors (Lipinski definition) is 1. The SMILES string of the molecule is C=CCCCCOC(=O)[C@@H]1[C@H]2C(=O)N([C@@H](CO)CC(C)C)C(C(=O)N(CC=C)c3ccc(Cl)cc3)C23CC[C@H]1S3. The number of nitrogens with zero attached hydrogens (tertiary/aromatic N) is 2. The van der Waals surface area contributed by atoms with E-state index in [9.17, 15) is 19.5 Å². The van der Waals surface area contributed by atoms with Gasteiger partial charge in [0.05, 0.1) is 35.8 Å². The van der Waals surface area contributed by atoms with Gasteiger partial charge in [-0.1, -0.05) is 37.6 Å². The van der Waals surface area contributed by atoms with Crippen LogP contribution in [0.2, 0.25) is 5.02 Å². The molecule has 6 atom stereocenters. The van der Waals surface area contributed by atoms with Gasteiger partial charge in [-0.15, -0.1) is 24.9 Å². The minimum Gasteiger partial charge on any atom is -0.465 e. The lowest BCUT2D eigenvalue weighted by molar-refractivity contribution is -0.154. The number of aliphatic hydroxyl groups is 1. The Hall–Kier alpha value is -2.29. The fourth-order valence-electron chi connectivity index (χ4n) is 6.73. The van der Waals surface area contributed by atoms with Crippen molar-refractivity contribution in [3.8, 4) is 0 Å².